The Bertz CT molecular complexity index is 1160. The van der Waals surface area contributed by atoms with E-state index in [0.29, 0.717) is 39.1 Å². The monoisotopic (exact) mass is 373 g/mol. The summed E-state index contributed by atoms with van der Waals surface area (Å²) in [5.41, 5.74) is 1.71. The van der Waals surface area contributed by atoms with Crippen molar-refractivity contribution >= 4 is 16.7 Å². The number of carbonyl (C=O) groups is 1. The van der Waals surface area contributed by atoms with Crippen molar-refractivity contribution in [3.8, 4) is 22.8 Å². The van der Waals surface area contributed by atoms with Gasteiger partial charge in [-0.25, -0.2) is 14.2 Å². The van der Waals surface area contributed by atoms with Crippen LogP contribution in [0, 0.1) is 5.82 Å². The summed E-state index contributed by atoms with van der Waals surface area (Å²) in [5, 5.41) is 1.30. The number of carbonyl (C=O) groups excluding carboxylic acids is 1. The van der Waals surface area contributed by atoms with Gasteiger partial charge in [-0.15, -0.1) is 0 Å². The molecule has 28 heavy (non-hydrogen) atoms. The lowest BCUT2D eigenvalue weighted by atomic mass is 9.99. The summed E-state index contributed by atoms with van der Waals surface area (Å²) in [7, 11) is 1.52. The van der Waals surface area contributed by atoms with Crippen LogP contribution in [0.25, 0.3) is 21.9 Å². The zero-order valence-corrected chi connectivity index (χ0v) is 15.1. The Labute approximate surface area is 161 Å². The third kappa shape index (κ3) is 3.30. The molecule has 1 aromatic heterocycles. The maximum absolute atomic E-state index is 13.8. The second kappa shape index (κ2) is 7.48. The first kappa shape index (κ1) is 17.7. The molecular formula is C23H16FNO3. The zero-order valence-electron chi connectivity index (χ0n) is 15.1. The molecule has 0 atom stereocenters. The Kier molecular flexibility index (Phi) is 4.72. The predicted octanol–water partition coefficient (Wildman–Crippen LogP) is 5.27. The molecule has 0 aliphatic rings. The van der Waals surface area contributed by atoms with Crippen LogP contribution in [0.2, 0.25) is 0 Å². The van der Waals surface area contributed by atoms with Crippen molar-refractivity contribution in [2.75, 3.05) is 7.11 Å². The summed E-state index contributed by atoms with van der Waals surface area (Å²) in [6.07, 6.45) is 1.59. The lowest BCUT2D eigenvalue weighted by Crippen LogP contribution is -2.08. The molecule has 4 aromatic rings. The molecule has 4 nitrogen and oxygen atoms in total. The van der Waals surface area contributed by atoms with E-state index in [-0.39, 0.29) is 5.82 Å². The smallest absolute Gasteiger partial charge is 0.343 e. The Morgan fingerprint density at radius 3 is 2.50 bits per heavy atom. The quantitative estimate of drug-likeness (QED) is 0.361. The molecule has 0 bridgehead atoms. The molecule has 0 spiro atoms. The summed E-state index contributed by atoms with van der Waals surface area (Å²) in [5.74, 6) is -0.0895. The maximum Gasteiger partial charge on any atom is 0.343 e. The molecule has 0 radical (unpaired) electrons. The first-order valence-corrected chi connectivity index (χ1v) is 8.66. The minimum atomic E-state index is -0.478. The molecule has 5 heteroatoms. The Morgan fingerprint density at radius 1 is 0.964 bits per heavy atom. The van der Waals surface area contributed by atoms with Gasteiger partial charge >= 0.3 is 5.97 Å². The second-order valence-corrected chi connectivity index (χ2v) is 6.13. The van der Waals surface area contributed by atoms with Crippen molar-refractivity contribution in [3.63, 3.8) is 0 Å². The molecule has 138 valence electrons. The van der Waals surface area contributed by atoms with Crippen molar-refractivity contribution in [1.82, 2.24) is 4.98 Å². The summed E-state index contributed by atoms with van der Waals surface area (Å²) in [4.78, 5) is 16.9. The van der Waals surface area contributed by atoms with Crippen LogP contribution in [0.3, 0.4) is 0 Å². The van der Waals surface area contributed by atoms with E-state index in [9.17, 15) is 9.18 Å². The van der Waals surface area contributed by atoms with Gasteiger partial charge in [0, 0.05) is 22.5 Å². The standard InChI is InChI=1S/C23H16FNO3/c1-27-22-18-11-6-12-20(28-23(26)15-7-3-2-4-8-15)21(18)19(14-25-22)16-9-5-10-17(24)13-16/h2-14H,1H3. The van der Waals surface area contributed by atoms with Crippen LogP contribution in [0.15, 0.2) is 79.0 Å². The summed E-state index contributed by atoms with van der Waals surface area (Å²) < 4.78 is 24.9. The highest BCUT2D eigenvalue weighted by atomic mass is 19.1. The van der Waals surface area contributed by atoms with E-state index in [2.05, 4.69) is 4.98 Å². The predicted molar refractivity (Wildman–Crippen MR) is 105 cm³/mol. The van der Waals surface area contributed by atoms with Crippen LogP contribution >= 0.6 is 0 Å². The van der Waals surface area contributed by atoms with Gasteiger partial charge in [-0.3, -0.25) is 0 Å². The molecule has 0 fully saturated rings. The summed E-state index contributed by atoms with van der Waals surface area (Å²) in [6.45, 7) is 0. The molecular weight excluding hydrogens is 357 g/mol. The number of halogens is 1. The largest absolute Gasteiger partial charge is 0.481 e. The first-order chi connectivity index (χ1) is 13.7. The van der Waals surface area contributed by atoms with Crippen molar-refractivity contribution in [1.29, 1.82) is 0 Å². The Balaban J connectivity index is 1.90. The third-order valence-electron chi connectivity index (χ3n) is 4.38. The van der Waals surface area contributed by atoms with Crippen molar-refractivity contribution in [2.45, 2.75) is 0 Å². The fourth-order valence-corrected chi connectivity index (χ4v) is 3.10. The van der Waals surface area contributed by atoms with E-state index >= 15 is 0 Å². The number of benzene rings is 3. The highest BCUT2D eigenvalue weighted by Crippen LogP contribution is 2.38. The lowest BCUT2D eigenvalue weighted by Gasteiger charge is -2.14. The number of nitrogens with zero attached hydrogens (tertiary/aromatic N) is 1. The Morgan fingerprint density at radius 2 is 1.75 bits per heavy atom. The number of fused-ring (bicyclic) bond motifs is 1. The van der Waals surface area contributed by atoms with E-state index < -0.39 is 5.97 Å². The topological polar surface area (TPSA) is 48.4 Å². The van der Waals surface area contributed by atoms with Crippen molar-refractivity contribution in [2.24, 2.45) is 0 Å². The van der Waals surface area contributed by atoms with Gasteiger partial charge in [0.25, 0.3) is 0 Å². The highest BCUT2D eigenvalue weighted by molar-refractivity contribution is 6.04. The number of esters is 1. The molecule has 0 unspecified atom stereocenters. The van der Waals surface area contributed by atoms with E-state index in [0.717, 1.165) is 0 Å². The average molecular weight is 373 g/mol. The van der Waals surface area contributed by atoms with Crippen LogP contribution in [0.4, 0.5) is 4.39 Å². The number of hydrogen-bond acceptors (Lipinski definition) is 4. The van der Waals surface area contributed by atoms with Crippen LogP contribution in [-0.2, 0) is 0 Å². The summed E-state index contributed by atoms with van der Waals surface area (Å²) in [6, 6.07) is 20.2. The number of rotatable bonds is 4. The van der Waals surface area contributed by atoms with Gasteiger partial charge in [-0.05, 0) is 42.0 Å². The van der Waals surface area contributed by atoms with Gasteiger partial charge in [0.2, 0.25) is 5.88 Å². The minimum Gasteiger partial charge on any atom is -0.481 e. The van der Waals surface area contributed by atoms with Crippen molar-refractivity contribution in [3.05, 3.63) is 90.4 Å². The zero-order chi connectivity index (χ0) is 19.5. The molecule has 0 saturated carbocycles. The molecule has 1 heterocycles. The number of aromatic nitrogens is 1. The number of methoxy groups -OCH3 is 1. The summed E-state index contributed by atoms with van der Waals surface area (Å²) >= 11 is 0. The fourth-order valence-electron chi connectivity index (χ4n) is 3.10. The molecule has 4 rings (SSSR count). The first-order valence-electron chi connectivity index (χ1n) is 8.66. The minimum absolute atomic E-state index is 0.353. The van der Waals surface area contributed by atoms with Gasteiger partial charge in [0.05, 0.1) is 12.7 Å². The lowest BCUT2D eigenvalue weighted by molar-refractivity contribution is 0.0737. The van der Waals surface area contributed by atoms with Crippen LogP contribution in [0.1, 0.15) is 10.4 Å². The Hall–Kier alpha value is -3.73. The fraction of sp³-hybridized carbons (Fsp3) is 0.0435. The average Bonchev–Trinajstić information content (AvgIpc) is 2.73. The molecule has 0 aliphatic carbocycles. The number of hydrogen-bond donors (Lipinski definition) is 0. The van der Waals surface area contributed by atoms with E-state index in [1.54, 1.807) is 54.7 Å². The van der Waals surface area contributed by atoms with Gasteiger partial charge in [-0.2, -0.15) is 0 Å². The normalized spacial score (nSPS) is 10.6. The molecule has 3 aromatic carbocycles. The van der Waals surface area contributed by atoms with Gasteiger partial charge in [-0.1, -0.05) is 36.4 Å². The molecule has 0 saturated heterocycles. The highest BCUT2D eigenvalue weighted by Gasteiger charge is 2.17. The van der Waals surface area contributed by atoms with Crippen LogP contribution in [-0.4, -0.2) is 18.1 Å². The van der Waals surface area contributed by atoms with Gasteiger partial charge in [0.1, 0.15) is 11.6 Å². The number of pyridine rings is 1. The molecule has 0 amide bonds. The maximum atomic E-state index is 13.8. The van der Waals surface area contributed by atoms with Gasteiger partial charge in [0.15, 0.2) is 0 Å². The van der Waals surface area contributed by atoms with Crippen LogP contribution < -0.4 is 9.47 Å². The van der Waals surface area contributed by atoms with E-state index in [1.807, 2.05) is 12.1 Å². The molecule has 0 N–H and O–H groups in total. The number of ether oxygens (including phenoxy) is 2. The van der Waals surface area contributed by atoms with Crippen molar-refractivity contribution < 1.29 is 18.7 Å². The second-order valence-electron chi connectivity index (χ2n) is 6.13. The molecule has 0 aliphatic heterocycles. The van der Waals surface area contributed by atoms with Crippen LogP contribution in [0.5, 0.6) is 11.6 Å². The van der Waals surface area contributed by atoms with Gasteiger partial charge < -0.3 is 9.47 Å². The van der Waals surface area contributed by atoms with E-state index in [1.165, 1.54) is 19.2 Å². The SMILES string of the molecule is COc1ncc(-c2cccc(F)c2)c2c(OC(=O)c3ccccc3)cccc12. The van der Waals surface area contributed by atoms with E-state index in [4.69, 9.17) is 9.47 Å². The third-order valence-corrected chi connectivity index (χ3v) is 4.38.